The maximum absolute atomic E-state index is 13.0. The quantitative estimate of drug-likeness (QED) is 0.851. The molecule has 1 aromatic carbocycles. The van der Waals surface area contributed by atoms with Gasteiger partial charge in [-0.05, 0) is 37.5 Å². The van der Waals surface area contributed by atoms with E-state index < -0.39 is 5.54 Å². The van der Waals surface area contributed by atoms with Crippen molar-refractivity contribution >= 4 is 23.3 Å². The lowest BCUT2D eigenvalue weighted by atomic mass is 9.74. The van der Waals surface area contributed by atoms with Crippen molar-refractivity contribution in [2.45, 2.75) is 31.2 Å². The summed E-state index contributed by atoms with van der Waals surface area (Å²) in [6, 6.07) is 10.7. The van der Waals surface area contributed by atoms with Gasteiger partial charge >= 0.3 is 0 Å². The maximum Gasteiger partial charge on any atom is 0.256 e. The fourth-order valence-electron chi connectivity index (χ4n) is 3.49. The van der Waals surface area contributed by atoms with Gasteiger partial charge in [0.15, 0.2) is 5.78 Å². The highest BCUT2D eigenvalue weighted by Gasteiger charge is 2.48. The lowest BCUT2D eigenvalue weighted by Crippen LogP contribution is -2.54. The molecule has 0 spiro atoms. The van der Waals surface area contributed by atoms with E-state index in [1.54, 1.807) is 36.3 Å². The molecular weight excluding hydrogens is 324 g/mol. The number of hydrogen-bond donors (Lipinski definition) is 0. The number of benzene rings is 1. The molecule has 1 amide bonds. The van der Waals surface area contributed by atoms with Crippen molar-refractivity contribution in [3.63, 3.8) is 0 Å². The Hall–Kier alpha value is -2.20. The van der Waals surface area contributed by atoms with E-state index in [1.165, 1.54) is 6.20 Å². The molecule has 3 rings (SSSR count). The van der Waals surface area contributed by atoms with E-state index in [1.807, 2.05) is 18.2 Å². The van der Waals surface area contributed by atoms with Gasteiger partial charge in [0.2, 0.25) is 0 Å². The third kappa shape index (κ3) is 2.71. The summed E-state index contributed by atoms with van der Waals surface area (Å²) in [5, 5.41) is 0.513. The van der Waals surface area contributed by atoms with Crippen LogP contribution in [0.2, 0.25) is 5.02 Å². The van der Waals surface area contributed by atoms with Crippen LogP contribution in [-0.2, 0) is 10.3 Å². The summed E-state index contributed by atoms with van der Waals surface area (Å²) in [4.78, 5) is 31.5. The third-order valence-electron chi connectivity index (χ3n) is 4.76. The average molecular weight is 343 g/mol. The molecule has 1 unspecified atom stereocenters. The zero-order chi connectivity index (χ0) is 17.2. The highest BCUT2D eigenvalue weighted by molar-refractivity contribution is 6.31. The van der Waals surface area contributed by atoms with Crippen LogP contribution in [0.25, 0.3) is 0 Å². The Kier molecular flexibility index (Phi) is 4.67. The Morgan fingerprint density at radius 2 is 2.00 bits per heavy atom. The largest absolute Gasteiger partial charge is 0.325 e. The van der Waals surface area contributed by atoms with Crippen LogP contribution in [0.5, 0.6) is 0 Å². The van der Waals surface area contributed by atoms with Crippen molar-refractivity contribution in [2.24, 2.45) is 0 Å². The first-order valence-corrected chi connectivity index (χ1v) is 8.41. The number of amides is 1. The lowest BCUT2D eigenvalue weighted by Gasteiger charge is -2.44. The number of nitrogens with zero attached hydrogens (tertiary/aromatic N) is 2. The van der Waals surface area contributed by atoms with Gasteiger partial charge in [-0.15, -0.1) is 0 Å². The molecule has 0 N–H and O–H groups in total. The molecular formula is C19H19ClN2O2. The van der Waals surface area contributed by atoms with Gasteiger partial charge in [0.05, 0.1) is 5.56 Å². The zero-order valence-corrected chi connectivity index (χ0v) is 14.3. The van der Waals surface area contributed by atoms with Crippen LogP contribution in [-0.4, -0.2) is 28.6 Å². The maximum atomic E-state index is 13.0. The van der Waals surface area contributed by atoms with E-state index in [9.17, 15) is 9.59 Å². The van der Waals surface area contributed by atoms with Crippen molar-refractivity contribution in [1.82, 2.24) is 9.88 Å². The Bertz CT molecular complexity index is 763. The van der Waals surface area contributed by atoms with Gasteiger partial charge in [0.1, 0.15) is 5.54 Å². The van der Waals surface area contributed by atoms with E-state index in [2.05, 4.69) is 4.98 Å². The number of carbonyl (C=O) groups is 2. The molecule has 5 heteroatoms. The van der Waals surface area contributed by atoms with Crippen LogP contribution in [0.15, 0.2) is 48.8 Å². The van der Waals surface area contributed by atoms with Crippen LogP contribution in [0.4, 0.5) is 0 Å². The number of aromatic nitrogens is 1. The minimum atomic E-state index is -1.01. The van der Waals surface area contributed by atoms with Gasteiger partial charge in [-0.3, -0.25) is 14.6 Å². The summed E-state index contributed by atoms with van der Waals surface area (Å²) in [6.45, 7) is 0. The van der Waals surface area contributed by atoms with Crippen molar-refractivity contribution in [3.8, 4) is 0 Å². The molecule has 0 aliphatic heterocycles. The first-order valence-electron chi connectivity index (χ1n) is 8.04. The molecule has 1 atom stereocenters. The summed E-state index contributed by atoms with van der Waals surface area (Å²) in [7, 11) is 1.68. The highest BCUT2D eigenvalue weighted by Crippen LogP contribution is 2.42. The van der Waals surface area contributed by atoms with Gasteiger partial charge in [-0.2, -0.15) is 0 Å². The number of pyridine rings is 1. The Labute approximate surface area is 146 Å². The number of rotatable bonds is 3. The molecule has 4 nitrogen and oxygen atoms in total. The van der Waals surface area contributed by atoms with E-state index in [0.29, 0.717) is 29.0 Å². The second-order valence-corrected chi connectivity index (χ2v) is 6.48. The van der Waals surface area contributed by atoms with E-state index in [-0.39, 0.29) is 11.7 Å². The molecule has 1 heterocycles. The molecule has 0 radical (unpaired) electrons. The third-order valence-corrected chi connectivity index (χ3v) is 5.09. The van der Waals surface area contributed by atoms with Gasteiger partial charge in [-0.25, -0.2) is 0 Å². The van der Waals surface area contributed by atoms with Gasteiger partial charge in [-0.1, -0.05) is 29.8 Å². The van der Waals surface area contributed by atoms with Gasteiger partial charge in [0.25, 0.3) is 5.91 Å². The molecule has 0 bridgehead atoms. The molecule has 1 fully saturated rings. The monoisotopic (exact) mass is 342 g/mol. The smallest absolute Gasteiger partial charge is 0.256 e. The van der Waals surface area contributed by atoms with Crippen LogP contribution < -0.4 is 0 Å². The van der Waals surface area contributed by atoms with Crippen molar-refractivity contribution in [1.29, 1.82) is 0 Å². The minimum absolute atomic E-state index is 0.0431. The number of ketones is 1. The molecule has 24 heavy (non-hydrogen) atoms. The second-order valence-electron chi connectivity index (χ2n) is 6.08. The molecule has 0 saturated heterocycles. The SMILES string of the molecule is CN(C(=O)c1cccnc1)C1(c2ccccc2Cl)CCCCC1=O. The van der Waals surface area contributed by atoms with E-state index in [4.69, 9.17) is 11.6 Å². The van der Waals surface area contributed by atoms with Crippen molar-refractivity contribution in [3.05, 3.63) is 64.9 Å². The molecule has 1 saturated carbocycles. The van der Waals surface area contributed by atoms with E-state index >= 15 is 0 Å². The number of Topliss-reactive ketones (excluding diaryl/α,β-unsaturated/α-hetero) is 1. The van der Waals surface area contributed by atoms with Crippen LogP contribution in [0.1, 0.15) is 41.6 Å². The first kappa shape index (κ1) is 16.7. The molecule has 124 valence electrons. The first-order chi connectivity index (χ1) is 11.6. The summed E-state index contributed by atoms with van der Waals surface area (Å²) in [6.07, 6.45) is 5.90. The van der Waals surface area contributed by atoms with Gasteiger partial charge < -0.3 is 4.90 Å². The van der Waals surface area contributed by atoms with Crippen LogP contribution in [0, 0.1) is 0 Å². The zero-order valence-electron chi connectivity index (χ0n) is 13.5. The predicted molar refractivity (Wildman–Crippen MR) is 92.9 cm³/mol. The topological polar surface area (TPSA) is 50.3 Å². The molecule has 1 aromatic heterocycles. The molecule has 1 aliphatic rings. The van der Waals surface area contributed by atoms with Crippen LogP contribution in [0.3, 0.4) is 0 Å². The fraction of sp³-hybridized carbons (Fsp3) is 0.316. The minimum Gasteiger partial charge on any atom is -0.325 e. The Morgan fingerprint density at radius 1 is 1.21 bits per heavy atom. The normalized spacial score (nSPS) is 20.7. The number of hydrogen-bond acceptors (Lipinski definition) is 3. The summed E-state index contributed by atoms with van der Waals surface area (Å²) < 4.78 is 0. The number of halogens is 1. The second kappa shape index (κ2) is 6.73. The fourth-order valence-corrected chi connectivity index (χ4v) is 3.78. The standard InChI is InChI=1S/C19H19ClN2O2/c1-22(18(24)14-7-6-12-21-13-14)19(11-5-4-10-17(19)23)15-8-2-3-9-16(15)20/h2-3,6-9,12-13H,4-5,10-11H2,1H3. The number of carbonyl (C=O) groups excluding carboxylic acids is 2. The van der Waals surface area contributed by atoms with Crippen molar-refractivity contribution < 1.29 is 9.59 Å². The lowest BCUT2D eigenvalue weighted by molar-refractivity contribution is -0.132. The summed E-state index contributed by atoms with van der Waals surface area (Å²) in [5.74, 6) is -0.181. The van der Waals surface area contributed by atoms with Crippen LogP contribution >= 0.6 is 11.6 Å². The highest BCUT2D eigenvalue weighted by atomic mass is 35.5. The van der Waals surface area contributed by atoms with Gasteiger partial charge in [0, 0.05) is 36.4 Å². The Morgan fingerprint density at radius 3 is 2.67 bits per heavy atom. The van der Waals surface area contributed by atoms with E-state index in [0.717, 1.165) is 12.8 Å². The number of likely N-dealkylation sites (N-methyl/N-ethyl adjacent to an activating group) is 1. The molecule has 2 aromatic rings. The molecule has 1 aliphatic carbocycles. The predicted octanol–water partition coefficient (Wildman–Crippen LogP) is 3.85. The van der Waals surface area contributed by atoms with Crippen molar-refractivity contribution in [2.75, 3.05) is 7.05 Å². The summed E-state index contributed by atoms with van der Waals surface area (Å²) in [5.41, 5.74) is 0.157. The summed E-state index contributed by atoms with van der Waals surface area (Å²) >= 11 is 6.40. The Balaban J connectivity index is 2.10. The average Bonchev–Trinajstić information content (AvgIpc) is 2.62.